The van der Waals surface area contributed by atoms with Crippen molar-refractivity contribution in [3.63, 3.8) is 0 Å². The van der Waals surface area contributed by atoms with E-state index in [0.717, 1.165) is 28.3 Å². The fraction of sp³-hybridized carbons (Fsp3) is 0.0800. The fourth-order valence-electron chi connectivity index (χ4n) is 3.22. The number of amides is 1. The first-order valence-electron chi connectivity index (χ1n) is 9.96. The highest BCUT2D eigenvalue weighted by Gasteiger charge is 2.31. The molecule has 0 saturated carbocycles. The van der Waals surface area contributed by atoms with E-state index in [9.17, 15) is 4.79 Å². The van der Waals surface area contributed by atoms with Crippen molar-refractivity contribution in [2.75, 3.05) is 13.2 Å². The van der Waals surface area contributed by atoms with Crippen LogP contribution in [0.2, 0.25) is 0 Å². The van der Waals surface area contributed by atoms with E-state index in [4.69, 9.17) is 22.1 Å². The van der Waals surface area contributed by atoms with Gasteiger partial charge in [-0.15, -0.1) is 6.58 Å². The van der Waals surface area contributed by atoms with Crippen molar-refractivity contribution in [2.45, 2.75) is 0 Å². The highest BCUT2D eigenvalue weighted by molar-refractivity contribution is 8.26. The van der Waals surface area contributed by atoms with Crippen LogP contribution < -0.4 is 4.74 Å². The third kappa shape index (κ3) is 4.59. The van der Waals surface area contributed by atoms with Gasteiger partial charge in [0.25, 0.3) is 5.91 Å². The lowest BCUT2D eigenvalue weighted by atomic mass is 10.1. The van der Waals surface area contributed by atoms with E-state index in [1.807, 2.05) is 71.6 Å². The zero-order chi connectivity index (χ0) is 22.5. The maximum atomic E-state index is 12.8. The molecule has 7 heteroatoms. The molecule has 0 spiro atoms. The molecule has 5 nitrogen and oxygen atoms in total. The molecule has 1 aliphatic heterocycles. The number of hydrogen-bond donors (Lipinski definition) is 0. The first-order valence-corrected chi connectivity index (χ1v) is 11.2. The number of thioether (sulfide) groups is 1. The molecule has 32 heavy (non-hydrogen) atoms. The predicted octanol–water partition coefficient (Wildman–Crippen LogP) is 5.49. The molecule has 0 aliphatic carbocycles. The van der Waals surface area contributed by atoms with Crippen LogP contribution in [0.25, 0.3) is 23.0 Å². The van der Waals surface area contributed by atoms with Crippen molar-refractivity contribution in [3.05, 3.63) is 96.6 Å². The van der Waals surface area contributed by atoms with Gasteiger partial charge in [-0.3, -0.25) is 9.69 Å². The Bertz CT molecular complexity index is 1200. The zero-order valence-electron chi connectivity index (χ0n) is 17.3. The molecule has 1 saturated heterocycles. The number of hydrogen-bond acceptors (Lipinski definition) is 5. The molecule has 1 aromatic heterocycles. The number of carbonyl (C=O) groups excluding carboxylic acids is 1. The summed E-state index contributed by atoms with van der Waals surface area (Å²) >= 11 is 6.66. The average Bonchev–Trinajstić information content (AvgIpc) is 3.35. The van der Waals surface area contributed by atoms with E-state index in [0.29, 0.717) is 22.4 Å². The monoisotopic (exact) mass is 459 g/mol. The number of rotatable bonds is 8. The molecule has 0 atom stereocenters. The summed E-state index contributed by atoms with van der Waals surface area (Å²) in [5.74, 6) is 0.634. The molecule has 0 bridgehead atoms. The van der Waals surface area contributed by atoms with Crippen LogP contribution >= 0.6 is 24.0 Å². The highest BCUT2D eigenvalue weighted by Crippen LogP contribution is 2.35. The van der Waals surface area contributed by atoms with E-state index < -0.39 is 0 Å². The Balaban J connectivity index is 1.75. The van der Waals surface area contributed by atoms with Gasteiger partial charge in [0.05, 0.1) is 16.3 Å². The second kappa shape index (κ2) is 9.80. The van der Waals surface area contributed by atoms with Crippen molar-refractivity contribution in [3.8, 4) is 22.7 Å². The minimum atomic E-state index is -0.119. The molecule has 4 rings (SSSR count). The predicted molar refractivity (Wildman–Crippen MR) is 135 cm³/mol. The van der Waals surface area contributed by atoms with Crippen molar-refractivity contribution >= 4 is 40.3 Å². The van der Waals surface area contributed by atoms with Gasteiger partial charge in [0, 0.05) is 23.9 Å². The number of thiocarbonyl (C=S) groups is 1. The molecule has 3 aromatic rings. The first kappa shape index (κ1) is 21.8. The Kier molecular flexibility index (Phi) is 6.68. The number of aromatic nitrogens is 2. The molecule has 160 valence electrons. The van der Waals surface area contributed by atoms with Gasteiger partial charge in [0.1, 0.15) is 16.7 Å². The maximum absolute atomic E-state index is 12.8. The van der Waals surface area contributed by atoms with Crippen LogP contribution in [0.3, 0.4) is 0 Å². The molecular formula is C25H21N3O2S2. The van der Waals surface area contributed by atoms with Gasteiger partial charge in [0.15, 0.2) is 0 Å². The topological polar surface area (TPSA) is 47.4 Å². The lowest BCUT2D eigenvalue weighted by molar-refractivity contribution is -0.121. The van der Waals surface area contributed by atoms with Gasteiger partial charge in [0.2, 0.25) is 0 Å². The number of carbonyl (C=O) groups is 1. The molecule has 2 heterocycles. The van der Waals surface area contributed by atoms with Crippen LogP contribution in [0, 0.1) is 0 Å². The lowest BCUT2D eigenvalue weighted by Gasteiger charge is -2.10. The van der Waals surface area contributed by atoms with Gasteiger partial charge in [-0.25, -0.2) is 4.68 Å². The standard InChI is InChI=1S/C25H21N3O2S2/c1-3-14-27-24(29)22(32-25(27)31)16-19-17-28(20-8-6-5-7-9-20)26-23(19)18-10-12-21(13-11-18)30-15-4-2/h3-13,16-17H,1-2,14-15H2/b22-16+. The molecule has 1 fully saturated rings. The molecule has 1 aliphatic rings. The molecule has 0 N–H and O–H groups in total. The second-order valence-electron chi connectivity index (χ2n) is 6.92. The van der Waals surface area contributed by atoms with Gasteiger partial charge in [-0.1, -0.05) is 60.9 Å². The minimum Gasteiger partial charge on any atom is -0.490 e. The number of para-hydroxylation sites is 1. The number of benzene rings is 2. The number of nitrogens with zero attached hydrogens (tertiary/aromatic N) is 3. The molecule has 2 aromatic carbocycles. The number of ether oxygens (including phenoxy) is 1. The van der Waals surface area contributed by atoms with Crippen LogP contribution in [0.1, 0.15) is 5.56 Å². The summed E-state index contributed by atoms with van der Waals surface area (Å²) in [5, 5.41) is 4.82. The van der Waals surface area contributed by atoms with Gasteiger partial charge >= 0.3 is 0 Å². The lowest BCUT2D eigenvalue weighted by Crippen LogP contribution is -2.27. The van der Waals surface area contributed by atoms with Gasteiger partial charge in [-0.05, 0) is 42.5 Å². The minimum absolute atomic E-state index is 0.119. The van der Waals surface area contributed by atoms with E-state index in [1.54, 1.807) is 17.1 Å². The summed E-state index contributed by atoms with van der Waals surface area (Å²) in [5.41, 5.74) is 3.43. The largest absolute Gasteiger partial charge is 0.490 e. The first-order chi connectivity index (χ1) is 15.6. The van der Waals surface area contributed by atoms with Crippen LogP contribution in [0.4, 0.5) is 0 Å². The quantitative estimate of drug-likeness (QED) is 0.253. The van der Waals surface area contributed by atoms with Crippen molar-refractivity contribution in [1.29, 1.82) is 0 Å². The Hall–Kier alpha value is -3.42. The summed E-state index contributed by atoms with van der Waals surface area (Å²) < 4.78 is 7.93. The molecule has 0 unspecified atom stereocenters. The van der Waals surface area contributed by atoms with E-state index in [2.05, 4.69) is 13.2 Å². The Morgan fingerprint density at radius 1 is 1.06 bits per heavy atom. The van der Waals surface area contributed by atoms with Crippen LogP contribution in [-0.4, -0.2) is 38.1 Å². The Labute approximate surface area is 196 Å². The van der Waals surface area contributed by atoms with E-state index in [-0.39, 0.29) is 5.91 Å². The Morgan fingerprint density at radius 2 is 1.81 bits per heavy atom. The van der Waals surface area contributed by atoms with E-state index >= 15 is 0 Å². The van der Waals surface area contributed by atoms with Crippen molar-refractivity contribution in [1.82, 2.24) is 14.7 Å². The van der Waals surface area contributed by atoms with Crippen LogP contribution in [0.15, 0.2) is 91.0 Å². The van der Waals surface area contributed by atoms with Crippen molar-refractivity contribution < 1.29 is 9.53 Å². The zero-order valence-corrected chi connectivity index (χ0v) is 18.9. The maximum Gasteiger partial charge on any atom is 0.266 e. The third-order valence-electron chi connectivity index (χ3n) is 4.73. The summed E-state index contributed by atoms with van der Waals surface area (Å²) in [6, 6.07) is 17.5. The average molecular weight is 460 g/mol. The second-order valence-corrected chi connectivity index (χ2v) is 8.59. The van der Waals surface area contributed by atoms with E-state index in [1.165, 1.54) is 11.8 Å². The third-order valence-corrected chi connectivity index (χ3v) is 6.11. The van der Waals surface area contributed by atoms with Crippen LogP contribution in [-0.2, 0) is 4.79 Å². The molecular weight excluding hydrogens is 438 g/mol. The van der Waals surface area contributed by atoms with Gasteiger partial charge in [-0.2, -0.15) is 5.10 Å². The summed E-state index contributed by atoms with van der Waals surface area (Å²) in [6.45, 7) is 8.21. The highest BCUT2D eigenvalue weighted by atomic mass is 32.2. The summed E-state index contributed by atoms with van der Waals surface area (Å²) in [6.07, 6.45) is 7.15. The summed E-state index contributed by atoms with van der Waals surface area (Å²) in [4.78, 5) is 14.9. The molecule has 1 amide bonds. The SMILES string of the molecule is C=CCOc1ccc(-c2nn(-c3ccccc3)cc2/C=C2/SC(=S)N(CC=C)C2=O)cc1. The van der Waals surface area contributed by atoms with Gasteiger partial charge < -0.3 is 4.74 Å². The van der Waals surface area contributed by atoms with Crippen LogP contribution in [0.5, 0.6) is 5.75 Å². The van der Waals surface area contributed by atoms with Crippen molar-refractivity contribution in [2.24, 2.45) is 0 Å². The normalized spacial score (nSPS) is 14.8. The smallest absolute Gasteiger partial charge is 0.266 e. The fourth-order valence-corrected chi connectivity index (χ4v) is 4.49. The Morgan fingerprint density at radius 3 is 2.50 bits per heavy atom. The summed E-state index contributed by atoms with van der Waals surface area (Å²) in [7, 11) is 0. The molecule has 0 radical (unpaired) electrons.